The van der Waals surface area contributed by atoms with E-state index in [0.717, 1.165) is 18.6 Å². The minimum absolute atomic E-state index is 0.0408. The molecule has 4 nitrogen and oxygen atoms in total. The Morgan fingerprint density at radius 3 is 2.22 bits per heavy atom. The number of pyridine rings is 1. The van der Waals surface area contributed by atoms with Crippen molar-refractivity contribution in [3.8, 4) is 5.75 Å². The Bertz CT molecular complexity index is 1110. The van der Waals surface area contributed by atoms with E-state index in [1.165, 1.54) is 62.9 Å². The fraction of sp³-hybridized carbons (Fsp3) is 0.345. The monoisotopic (exact) mass is 497 g/mol. The zero-order valence-corrected chi connectivity index (χ0v) is 20.9. The molecule has 0 bridgehead atoms. The number of piperidine rings is 1. The zero-order chi connectivity index (χ0) is 26.2. The summed E-state index contributed by atoms with van der Waals surface area (Å²) in [6, 6.07) is 15.7. The summed E-state index contributed by atoms with van der Waals surface area (Å²) < 4.78 is 42.4. The molecule has 2 aromatic carbocycles. The standard InChI is InChI=1S/C23H21F3N2O.C6H13N/c1-3-28-23(14-16-7-5-4-6-8-16,21-10-9-20(29)15-27-21)18-11-17(22(2,25)26)12-19(24)13-18;1-7-5-3-2-4-6-7/h3-13,15,28-29H,1,14H2,2H3;2-6H2,1H3/t23-;/m0./s1. The maximum absolute atomic E-state index is 14.4. The minimum Gasteiger partial charge on any atom is -0.506 e. The van der Waals surface area contributed by atoms with Crippen LogP contribution in [0.3, 0.4) is 0 Å². The molecule has 0 radical (unpaired) electrons. The molecule has 0 aliphatic carbocycles. The third-order valence-electron chi connectivity index (χ3n) is 6.32. The number of hydrogen-bond acceptors (Lipinski definition) is 4. The van der Waals surface area contributed by atoms with Crippen molar-refractivity contribution < 1.29 is 18.3 Å². The summed E-state index contributed by atoms with van der Waals surface area (Å²) in [5, 5.41) is 12.8. The van der Waals surface area contributed by atoms with E-state index in [9.17, 15) is 18.3 Å². The van der Waals surface area contributed by atoms with Crippen LogP contribution in [0.2, 0.25) is 0 Å². The number of halogens is 3. The first kappa shape index (κ1) is 27.3. The Balaban J connectivity index is 0.000000444. The van der Waals surface area contributed by atoms with Crippen LogP contribution in [0.4, 0.5) is 13.2 Å². The summed E-state index contributed by atoms with van der Waals surface area (Å²) in [7, 11) is 2.19. The highest BCUT2D eigenvalue weighted by Gasteiger charge is 2.37. The van der Waals surface area contributed by atoms with E-state index in [1.807, 2.05) is 30.3 Å². The molecule has 1 aliphatic rings. The number of hydrogen-bond donors (Lipinski definition) is 2. The maximum atomic E-state index is 14.4. The fourth-order valence-corrected chi connectivity index (χ4v) is 4.41. The molecule has 2 N–H and O–H groups in total. The molecule has 0 spiro atoms. The Kier molecular flexibility index (Phi) is 9.15. The van der Waals surface area contributed by atoms with Gasteiger partial charge in [-0.15, -0.1) is 0 Å². The smallest absolute Gasteiger partial charge is 0.270 e. The van der Waals surface area contributed by atoms with E-state index in [-0.39, 0.29) is 17.7 Å². The van der Waals surface area contributed by atoms with Crippen LogP contribution in [0, 0.1) is 5.82 Å². The third kappa shape index (κ3) is 7.10. The van der Waals surface area contributed by atoms with E-state index < -0.39 is 22.8 Å². The van der Waals surface area contributed by atoms with Crippen LogP contribution >= 0.6 is 0 Å². The second-order valence-corrected chi connectivity index (χ2v) is 9.30. The molecule has 1 aromatic heterocycles. The first-order chi connectivity index (χ1) is 17.1. The summed E-state index contributed by atoms with van der Waals surface area (Å²) >= 11 is 0. The first-order valence-electron chi connectivity index (χ1n) is 12.1. The summed E-state index contributed by atoms with van der Waals surface area (Å²) in [4.78, 5) is 6.69. The Hall–Kier alpha value is -3.32. The molecular formula is C29H34F3N3O. The lowest BCUT2D eigenvalue weighted by atomic mass is 9.79. The maximum Gasteiger partial charge on any atom is 0.270 e. The predicted octanol–water partition coefficient (Wildman–Crippen LogP) is 6.36. The van der Waals surface area contributed by atoms with Crippen molar-refractivity contribution in [2.45, 2.75) is 44.1 Å². The highest BCUT2D eigenvalue weighted by molar-refractivity contribution is 5.42. The fourth-order valence-electron chi connectivity index (χ4n) is 4.41. The van der Waals surface area contributed by atoms with Crippen LogP contribution in [0.5, 0.6) is 5.75 Å². The van der Waals surface area contributed by atoms with E-state index in [2.05, 4.69) is 28.8 Å². The van der Waals surface area contributed by atoms with Gasteiger partial charge in [0.15, 0.2) is 0 Å². The SMILES string of the molecule is C=CN[C@@](Cc1ccccc1)(c1cc(F)cc(C(C)(F)F)c1)c1ccc(O)cn1.CN1CCCCC1. The van der Waals surface area contributed by atoms with Gasteiger partial charge in [-0.05, 0) is 80.6 Å². The molecule has 192 valence electrons. The average molecular weight is 498 g/mol. The van der Waals surface area contributed by atoms with Gasteiger partial charge in [0.25, 0.3) is 5.92 Å². The van der Waals surface area contributed by atoms with Crippen molar-refractivity contribution in [3.05, 3.63) is 108 Å². The van der Waals surface area contributed by atoms with Gasteiger partial charge in [0, 0.05) is 18.9 Å². The number of rotatable bonds is 7. The molecular weight excluding hydrogens is 463 g/mol. The van der Waals surface area contributed by atoms with E-state index in [4.69, 9.17) is 0 Å². The molecule has 1 aliphatic heterocycles. The van der Waals surface area contributed by atoms with Crippen LogP contribution in [-0.4, -0.2) is 35.1 Å². The van der Waals surface area contributed by atoms with Crippen molar-refractivity contribution >= 4 is 0 Å². The Morgan fingerprint density at radius 1 is 1.03 bits per heavy atom. The molecule has 1 atom stereocenters. The number of aromatic hydroxyl groups is 1. The molecule has 4 rings (SSSR count). The van der Waals surface area contributed by atoms with Gasteiger partial charge in [-0.2, -0.15) is 0 Å². The topological polar surface area (TPSA) is 48.4 Å². The second-order valence-electron chi connectivity index (χ2n) is 9.30. The molecule has 1 saturated heterocycles. The van der Waals surface area contributed by atoms with E-state index in [0.29, 0.717) is 5.69 Å². The van der Waals surface area contributed by atoms with Crippen molar-refractivity contribution in [1.82, 2.24) is 15.2 Å². The normalized spacial score (nSPS) is 15.8. The number of benzene rings is 2. The number of alkyl halides is 2. The lowest BCUT2D eigenvalue weighted by molar-refractivity contribution is 0.0170. The van der Waals surface area contributed by atoms with Crippen molar-refractivity contribution in [3.63, 3.8) is 0 Å². The summed E-state index contributed by atoms with van der Waals surface area (Å²) in [5.41, 5.74) is -0.0369. The van der Waals surface area contributed by atoms with Crippen LogP contribution in [-0.2, 0) is 17.9 Å². The molecule has 2 heterocycles. The summed E-state index contributed by atoms with van der Waals surface area (Å²) in [5.74, 6) is -4.03. The van der Waals surface area contributed by atoms with E-state index in [1.54, 1.807) is 6.07 Å². The van der Waals surface area contributed by atoms with Gasteiger partial charge in [0.2, 0.25) is 0 Å². The Labute approximate surface area is 211 Å². The highest BCUT2D eigenvalue weighted by Crippen LogP contribution is 2.37. The van der Waals surface area contributed by atoms with Crippen LogP contribution in [0.25, 0.3) is 0 Å². The largest absolute Gasteiger partial charge is 0.506 e. The lowest BCUT2D eigenvalue weighted by Crippen LogP contribution is -2.43. The summed E-state index contributed by atoms with van der Waals surface area (Å²) in [6.07, 6.45) is 7.24. The quantitative estimate of drug-likeness (QED) is 0.399. The third-order valence-corrected chi connectivity index (χ3v) is 6.32. The van der Waals surface area contributed by atoms with Crippen molar-refractivity contribution in [2.75, 3.05) is 20.1 Å². The Morgan fingerprint density at radius 2 is 1.69 bits per heavy atom. The van der Waals surface area contributed by atoms with Gasteiger partial charge in [0.1, 0.15) is 17.1 Å². The van der Waals surface area contributed by atoms with Gasteiger partial charge in [-0.1, -0.05) is 43.3 Å². The van der Waals surface area contributed by atoms with Crippen LogP contribution in [0.15, 0.2) is 79.6 Å². The summed E-state index contributed by atoms with van der Waals surface area (Å²) in [6.45, 7) is 7.08. The van der Waals surface area contributed by atoms with Crippen LogP contribution in [0.1, 0.15) is 48.6 Å². The van der Waals surface area contributed by atoms with Gasteiger partial charge >= 0.3 is 0 Å². The van der Waals surface area contributed by atoms with Gasteiger partial charge < -0.3 is 15.3 Å². The molecule has 3 aromatic rings. The van der Waals surface area contributed by atoms with Crippen molar-refractivity contribution in [2.24, 2.45) is 0 Å². The van der Waals surface area contributed by atoms with E-state index >= 15 is 0 Å². The van der Waals surface area contributed by atoms with Gasteiger partial charge in [-0.25, -0.2) is 13.2 Å². The average Bonchev–Trinajstić information content (AvgIpc) is 2.85. The highest BCUT2D eigenvalue weighted by atomic mass is 19.3. The molecule has 36 heavy (non-hydrogen) atoms. The predicted molar refractivity (Wildman–Crippen MR) is 137 cm³/mol. The zero-order valence-electron chi connectivity index (χ0n) is 20.9. The first-order valence-corrected chi connectivity index (χ1v) is 12.1. The number of likely N-dealkylation sites (tertiary alicyclic amines) is 1. The number of aromatic nitrogens is 1. The minimum atomic E-state index is -3.22. The van der Waals surface area contributed by atoms with Crippen molar-refractivity contribution in [1.29, 1.82) is 0 Å². The molecule has 7 heteroatoms. The lowest BCUT2D eigenvalue weighted by Gasteiger charge is -2.35. The van der Waals surface area contributed by atoms with Gasteiger partial charge in [0.05, 0.1) is 11.9 Å². The number of nitrogens with zero attached hydrogens (tertiary/aromatic N) is 2. The molecule has 1 fully saturated rings. The van der Waals surface area contributed by atoms with Gasteiger partial charge in [-0.3, -0.25) is 4.98 Å². The second kappa shape index (κ2) is 12.1. The van der Waals surface area contributed by atoms with Crippen LogP contribution < -0.4 is 5.32 Å². The molecule has 0 amide bonds. The molecule has 0 saturated carbocycles. The molecule has 0 unspecified atom stereocenters. The number of nitrogens with one attached hydrogen (secondary N) is 1.